The Morgan fingerprint density at radius 3 is 2.56 bits per heavy atom. The summed E-state index contributed by atoms with van der Waals surface area (Å²) < 4.78 is 38.3. The Bertz CT molecular complexity index is 887. The van der Waals surface area contributed by atoms with Crippen LogP contribution in [0.1, 0.15) is 6.42 Å². The van der Waals surface area contributed by atoms with Gasteiger partial charge in [0.1, 0.15) is 23.6 Å². The summed E-state index contributed by atoms with van der Waals surface area (Å²) in [5, 5.41) is 2.53. The maximum atomic E-state index is 13.1. The molecule has 2 aromatic rings. The first-order valence-corrected chi connectivity index (χ1v) is 9.84. The predicted molar refractivity (Wildman–Crippen MR) is 98.0 cm³/mol. The molecule has 1 aromatic carbocycles. The molecule has 1 aliphatic heterocycles. The van der Waals surface area contributed by atoms with Crippen LogP contribution in [0.3, 0.4) is 0 Å². The van der Waals surface area contributed by atoms with Crippen LogP contribution >= 0.6 is 0 Å². The molecule has 0 radical (unpaired) electrons. The van der Waals surface area contributed by atoms with Crippen LogP contribution in [0.25, 0.3) is 0 Å². The second-order valence-corrected chi connectivity index (χ2v) is 7.94. The fraction of sp³-hybridized carbons (Fsp3) is 0.333. The average Bonchev–Trinajstić information content (AvgIpc) is 3.13. The molecular weight excluding hydrogens is 370 g/mol. The van der Waals surface area contributed by atoms with E-state index in [9.17, 15) is 13.2 Å². The van der Waals surface area contributed by atoms with Crippen molar-refractivity contribution in [3.05, 3.63) is 48.8 Å². The highest BCUT2D eigenvalue weighted by molar-refractivity contribution is 7.89. The number of rotatable bonds is 6. The fourth-order valence-corrected chi connectivity index (χ4v) is 4.65. The minimum atomic E-state index is -3.87. The van der Waals surface area contributed by atoms with Gasteiger partial charge in [0, 0.05) is 19.7 Å². The Morgan fingerprint density at radius 1 is 1.22 bits per heavy atom. The van der Waals surface area contributed by atoms with Gasteiger partial charge in [0.2, 0.25) is 15.9 Å². The number of nitrogens with one attached hydrogen (secondary N) is 1. The number of methoxy groups -OCH3 is 1. The Labute approximate surface area is 158 Å². The van der Waals surface area contributed by atoms with Gasteiger partial charge in [0.05, 0.1) is 24.7 Å². The van der Waals surface area contributed by atoms with Gasteiger partial charge in [-0.15, -0.1) is 0 Å². The Kier molecular flexibility index (Phi) is 5.62. The SMILES string of the molecule is CNC(=O)[C@H]1C[C@H](Oc2cccnc2)CN1S(=O)(=O)c1ccc(OC)cc1. The lowest BCUT2D eigenvalue weighted by Crippen LogP contribution is -2.44. The summed E-state index contributed by atoms with van der Waals surface area (Å²) in [5.74, 6) is 0.710. The quantitative estimate of drug-likeness (QED) is 0.790. The van der Waals surface area contributed by atoms with E-state index in [4.69, 9.17) is 9.47 Å². The van der Waals surface area contributed by atoms with Gasteiger partial charge in [-0.1, -0.05) is 0 Å². The average molecular weight is 391 g/mol. The van der Waals surface area contributed by atoms with E-state index in [0.717, 1.165) is 0 Å². The van der Waals surface area contributed by atoms with Gasteiger partial charge in [0.15, 0.2) is 0 Å². The van der Waals surface area contributed by atoms with Crippen LogP contribution in [0, 0.1) is 0 Å². The van der Waals surface area contributed by atoms with E-state index in [1.807, 2.05) is 0 Å². The molecule has 1 aromatic heterocycles. The van der Waals surface area contributed by atoms with E-state index < -0.39 is 22.2 Å². The van der Waals surface area contributed by atoms with Crippen molar-refractivity contribution in [3.63, 3.8) is 0 Å². The minimum Gasteiger partial charge on any atom is -0.497 e. The van der Waals surface area contributed by atoms with Crippen LogP contribution in [0.2, 0.25) is 0 Å². The predicted octanol–water partition coefficient (Wildman–Crippen LogP) is 1.05. The van der Waals surface area contributed by atoms with Crippen LogP contribution in [0.4, 0.5) is 0 Å². The van der Waals surface area contributed by atoms with Crippen molar-refractivity contribution >= 4 is 15.9 Å². The zero-order valence-electron chi connectivity index (χ0n) is 15.0. The number of sulfonamides is 1. The van der Waals surface area contributed by atoms with Gasteiger partial charge in [-0.2, -0.15) is 4.31 Å². The first-order chi connectivity index (χ1) is 13.0. The Morgan fingerprint density at radius 2 is 1.96 bits per heavy atom. The molecule has 3 rings (SSSR count). The standard InChI is InChI=1S/C18H21N3O5S/c1-19-18(22)17-10-15(26-14-4-3-9-20-11-14)12-21(17)27(23,24)16-7-5-13(25-2)6-8-16/h3-9,11,15,17H,10,12H2,1-2H3,(H,19,22)/t15-,17+/m0/s1. The molecule has 8 nitrogen and oxygen atoms in total. The van der Waals surface area contributed by atoms with Crippen molar-refractivity contribution < 1.29 is 22.7 Å². The summed E-state index contributed by atoms with van der Waals surface area (Å²) in [6.45, 7) is 0.0708. The molecule has 1 aliphatic rings. The second kappa shape index (κ2) is 7.93. The summed E-state index contributed by atoms with van der Waals surface area (Å²) in [7, 11) is -0.884. The first-order valence-electron chi connectivity index (χ1n) is 8.40. The summed E-state index contributed by atoms with van der Waals surface area (Å²) in [4.78, 5) is 16.4. The van der Waals surface area contributed by atoms with Gasteiger partial charge in [0.25, 0.3) is 0 Å². The molecule has 1 N–H and O–H groups in total. The smallest absolute Gasteiger partial charge is 0.243 e. The third-order valence-corrected chi connectivity index (χ3v) is 6.26. The molecule has 0 saturated carbocycles. The summed E-state index contributed by atoms with van der Waals surface area (Å²) >= 11 is 0. The second-order valence-electron chi connectivity index (χ2n) is 6.04. The molecule has 1 fully saturated rings. The highest BCUT2D eigenvalue weighted by atomic mass is 32.2. The number of ether oxygens (including phenoxy) is 2. The molecule has 0 aliphatic carbocycles. The largest absolute Gasteiger partial charge is 0.497 e. The van der Waals surface area contributed by atoms with Crippen LogP contribution in [-0.2, 0) is 14.8 Å². The van der Waals surface area contributed by atoms with Gasteiger partial charge < -0.3 is 14.8 Å². The van der Waals surface area contributed by atoms with Gasteiger partial charge >= 0.3 is 0 Å². The lowest BCUT2D eigenvalue weighted by Gasteiger charge is -2.22. The number of hydrogen-bond acceptors (Lipinski definition) is 6. The minimum absolute atomic E-state index is 0.0708. The zero-order chi connectivity index (χ0) is 19.4. The highest BCUT2D eigenvalue weighted by Gasteiger charge is 2.44. The fourth-order valence-electron chi connectivity index (χ4n) is 3.02. The zero-order valence-corrected chi connectivity index (χ0v) is 15.8. The number of aromatic nitrogens is 1. The molecule has 0 unspecified atom stereocenters. The number of pyridine rings is 1. The van der Waals surface area contributed by atoms with Crippen LogP contribution in [0.15, 0.2) is 53.7 Å². The summed E-state index contributed by atoms with van der Waals surface area (Å²) in [6, 6.07) is 8.69. The topological polar surface area (TPSA) is 97.8 Å². The Balaban J connectivity index is 1.86. The van der Waals surface area contributed by atoms with Crippen molar-refractivity contribution in [2.75, 3.05) is 20.7 Å². The molecule has 144 valence electrons. The van der Waals surface area contributed by atoms with E-state index in [-0.39, 0.29) is 23.8 Å². The van der Waals surface area contributed by atoms with Crippen LogP contribution < -0.4 is 14.8 Å². The van der Waals surface area contributed by atoms with Crippen molar-refractivity contribution in [1.82, 2.24) is 14.6 Å². The monoisotopic (exact) mass is 391 g/mol. The summed E-state index contributed by atoms with van der Waals surface area (Å²) in [6.07, 6.45) is 2.97. The molecule has 27 heavy (non-hydrogen) atoms. The maximum Gasteiger partial charge on any atom is 0.243 e. The first kappa shape index (κ1) is 19.1. The van der Waals surface area contributed by atoms with E-state index in [1.165, 1.54) is 30.6 Å². The van der Waals surface area contributed by atoms with E-state index in [1.54, 1.807) is 36.7 Å². The number of hydrogen-bond donors (Lipinski definition) is 1. The van der Waals surface area contributed by atoms with Crippen molar-refractivity contribution in [3.8, 4) is 11.5 Å². The van der Waals surface area contributed by atoms with E-state index in [2.05, 4.69) is 10.3 Å². The Hall–Kier alpha value is -2.65. The third kappa shape index (κ3) is 4.04. The third-order valence-electron chi connectivity index (χ3n) is 4.37. The maximum absolute atomic E-state index is 13.1. The van der Waals surface area contributed by atoms with Crippen LogP contribution in [0.5, 0.6) is 11.5 Å². The number of likely N-dealkylation sites (N-methyl/N-ethyl adjacent to an activating group) is 1. The molecule has 9 heteroatoms. The number of amides is 1. The number of carbonyl (C=O) groups excluding carboxylic acids is 1. The highest BCUT2D eigenvalue weighted by Crippen LogP contribution is 2.29. The molecule has 0 spiro atoms. The van der Waals surface area contributed by atoms with Crippen molar-refractivity contribution in [1.29, 1.82) is 0 Å². The van der Waals surface area contributed by atoms with Gasteiger partial charge in [-0.3, -0.25) is 9.78 Å². The summed E-state index contributed by atoms with van der Waals surface area (Å²) in [5.41, 5.74) is 0. The van der Waals surface area contributed by atoms with Gasteiger partial charge in [-0.05, 0) is 36.4 Å². The number of carbonyl (C=O) groups is 1. The molecule has 2 heterocycles. The lowest BCUT2D eigenvalue weighted by molar-refractivity contribution is -0.123. The molecule has 0 bridgehead atoms. The normalized spacial score (nSPS) is 20.2. The molecule has 1 amide bonds. The van der Waals surface area contributed by atoms with E-state index >= 15 is 0 Å². The lowest BCUT2D eigenvalue weighted by atomic mass is 10.2. The number of benzene rings is 1. The number of nitrogens with zero attached hydrogens (tertiary/aromatic N) is 2. The van der Waals surface area contributed by atoms with E-state index in [0.29, 0.717) is 11.5 Å². The molecule has 2 atom stereocenters. The van der Waals surface area contributed by atoms with Gasteiger partial charge in [-0.25, -0.2) is 8.42 Å². The molecule has 1 saturated heterocycles. The van der Waals surface area contributed by atoms with Crippen molar-refractivity contribution in [2.45, 2.75) is 23.5 Å². The van der Waals surface area contributed by atoms with Crippen LogP contribution in [-0.4, -0.2) is 56.5 Å². The molecular formula is C18H21N3O5S. The van der Waals surface area contributed by atoms with Crippen molar-refractivity contribution in [2.24, 2.45) is 0 Å².